The molecule has 98 valence electrons. The van der Waals surface area contributed by atoms with Gasteiger partial charge in [0.15, 0.2) is 0 Å². The maximum atomic E-state index is 11.8. The minimum absolute atomic E-state index is 0.0500. The van der Waals surface area contributed by atoms with Crippen LogP contribution in [0.2, 0.25) is 5.02 Å². The monoisotopic (exact) mass is 268 g/mol. The van der Waals surface area contributed by atoms with Gasteiger partial charge in [-0.25, -0.2) is 0 Å². The van der Waals surface area contributed by atoms with Gasteiger partial charge in [0, 0.05) is 13.5 Å². The number of hydrogen-bond acceptors (Lipinski definition) is 2. The summed E-state index contributed by atoms with van der Waals surface area (Å²) in [4.78, 5) is 24.6. The molecule has 5 heteroatoms. The molecular weight excluding hydrogens is 252 g/mol. The number of amides is 2. The molecule has 0 heterocycles. The third kappa shape index (κ3) is 4.37. The summed E-state index contributed by atoms with van der Waals surface area (Å²) in [5.41, 5.74) is 0.559. The maximum Gasteiger partial charge on any atom is 0.244 e. The molecule has 0 aliphatic carbocycles. The summed E-state index contributed by atoms with van der Waals surface area (Å²) < 4.78 is 0. The standard InChI is InChI=1S/C13H17ClN2O2/c1-3-8-16(10(2)17)9-13(18)15-12-7-5-4-6-11(12)14/h4-7H,3,8-9H2,1-2H3,(H,15,18). The smallest absolute Gasteiger partial charge is 0.244 e. The summed E-state index contributed by atoms with van der Waals surface area (Å²) >= 11 is 5.93. The van der Waals surface area contributed by atoms with Crippen LogP contribution in [0.4, 0.5) is 5.69 Å². The van der Waals surface area contributed by atoms with Gasteiger partial charge in [0.1, 0.15) is 0 Å². The van der Waals surface area contributed by atoms with Crippen LogP contribution in [0, 0.1) is 0 Å². The molecule has 4 nitrogen and oxygen atoms in total. The Bertz CT molecular complexity index is 435. The van der Waals surface area contributed by atoms with E-state index in [2.05, 4.69) is 5.32 Å². The van der Waals surface area contributed by atoms with E-state index in [1.807, 2.05) is 6.92 Å². The Labute approximate surface area is 112 Å². The summed E-state index contributed by atoms with van der Waals surface area (Å²) in [5, 5.41) is 3.17. The van der Waals surface area contributed by atoms with Gasteiger partial charge >= 0.3 is 0 Å². The molecule has 1 rings (SSSR count). The van der Waals surface area contributed by atoms with E-state index in [1.165, 1.54) is 11.8 Å². The summed E-state index contributed by atoms with van der Waals surface area (Å²) in [6.07, 6.45) is 0.818. The number of nitrogens with zero attached hydrogens (tertiary/aromatic N) is 1. The quantitative estimate of drug-likeness (QED) is 0.892. The largest absolute Gasteiger partial charge is 0.334 e. The number of para-hydroxylation sites is 1. The number of hydrogen-bond donors (Lipinski definition) is 1. The summed E-state index contributed by atoms with van der Waals surface area (Å²) in [5.74, 6) is -0.349. The molecule has 1 N–H and O–H groups in total. The zero-order valence-electron chi connectivity index (χ0n) is 10.6. The van der Waals surface area contributed by atoms with Crippen LogP contribution in [-0.4, -0.2) is 29.8 Å². The van der Waals surface area contributed by atoms with Crippen molar-refractivity contribution in [3.63, 3.8) is 0 Å². The highest BCUT2D eigenvalue weighted by Crippen LogP contribution is 2.20. The zero-order valence-corrected chi connectivity index (χ0v) is 11.3. The van der Waals surface area contributed by atoms with Gasteiger partial charge in [0.2, 0.25) is 11.8 Å². The Balaban J connectivity index is 2.61. The predicted molar refractivity (Wildman–Crippen MR) is 72.6 cm³/mol. The molecule has 0 radical (unpaired) electrons. The molecule has 0 aliphatic rings. The van der Waals surface area contributed by atoms with E-state index < -0.39 is 0 Å². The molecule has 0 saturated carbocycles. The van der Waals surface area contributed by atoms with E-state index in [4.69, 9.17) is 11.6 Å². The molecule has 0 aromatic heterocycles. The van der Waals surface area contributed by atoms with Crippen molar-refractivity contribution in [2.45, 2.75) is 20.3 Å². The minimum Gasteiger partial charge on any atom is -0.334 e. The van der Waals surface area contributed by atoms with E-state index in [0.29, 0.717) is 17.3 Å². The van der Waals surface area contributed by atoms with Crippen LogP contribution in [0.15, 0.2) is 24.3 Å². The molecule has 0 fully saturated rings. The van der Waals surface area contributed by atoms with Crippen molar-refractivity contribution in [1.29, 1.82) is 0 Å². The number of benzene rings is 1. The third-order valence-corrected chi connectivity index (χ3v) is 2.75. The lowest BCUT2D eigenvalue weighted by Crippen LogP contribution is -2.37. The van der Waals surface area contributed by atoms with Crippen molar-refractivity contribution in [1.82, 2.24) is 4.90 Å². The molecule has 0 unspecified atom stereocenters. The van der Waals surface area contributed by atoms with Gasteiger partial charge in [-0.05, 0) is 18.6 Å². The first-order valence-corrected chi connectivity index (χ1v) is 6.22. The first-order valence-electron chi connectivity index (χ1n) is 5.84. The molecule has 1 aromatic carbocycles. The number of nitrogens with one attached hydrogen (secondary N) is 1. The number of carbonyl (C=O) groups is 2. The first kappa shape index (κ1) is 14.5. The summed E-state index contributed by atoms with van der Waals surface area (Å²) in [6.45, 7) is 4.04. The van der Waals surface area contributed by atoms with E-state index in [1.54, 1.807) is 24.3 Å². The van der Waals surface area contributed by atoms with E-state index in [9.17, 15) is 9.59 Å². The van der Waals surface area contributed by atoms with E-state index in [0.717, 1.165) is 6.42 Å². The molecule has 18 heavy (non-hydrogen) atoms. The van der Waals surface area contributed by atoms with Crippen LogP contribution in [0.3, 0.4) is 0 Å². The van der Waals surface area contributed by atoms with Gasteiger partial charge < -0.3 is 10.2 Å². The molecular formula is C13H17ClN2O2. The maximum absolute atomic E-state index is 11.8. The van der Waals surface area contributed by atoms with Gasteiger partial charge in [-0.15, -0.1) is 0 Å². The van der Waals surface area contributed by atoms with Gasteiger partial charge in [-0.3, -0.25) is 9.59 Å². The molecule has 0 atom stereocenters. The van der Waals surface area contributed by atoms with Crippen LogP contribution in [0.1, 0.15) is 20.3 Å². The summed E-state index contributed by atoms with van der Waals surface area (Å²) in [7, 11) is 0. The fourth-order valence-corrected chi connectivity index (χ4v) is 1.73. The van der Waals surface area contributed by atoms with Crippen LogP contribution >= 0.6 is 11.6 Å². The Kier molecular flexibility index (Phi) is 5.65. The average molecular weight is 269 g/mol. The SMILES string of the molecule is CCCN(CC(=O)Nc1ccccc1Cl)C(C)=O. The molecule has 0 spiro atoms. The summed E-state index contributed by atoms with van der Waals surface area (Å²) in [6, 6.07) is 7.00. The normalized spacial score (nSPS) is 9.94. The van der Waals surface area contributed by atoms with E-state index in [-0.39, 0.29) is 18.4 Å². The fraction of sp³-hybridized carbons (Fsp3) is 0.385. The lowest BCUT2D eigenvalue weighted by Gasteiger charge is -2.19. The van der Waals surface area contributed by atoms with E-state index >= 15 is 0 Å². The first-order chi connectivity index (χ1) is 8.54. The Morgan fingerprint density at radius 3 is 2.56 bits per heavy atom. The number of halogens is 1. The van der Waals surface area contributed by atoms with Crippen LogP contribution < -0.4 is 5.32 Å². The Hall–Kier alpha value is -1.55. The third-order valence-electron chi connectivity index (χ3n) is 2.42. The minimum atomic E-state index is -0.244. The Morgan fingerprint density at radius 1 is 1.33 bits per heavy atom. The lowest BCUT2D eigenvalue weighted by molar-refractivity contribution is -0.132. The Morgan fingerprint density at radius 2 is 2.00 bits per heavy atom. The highest BCUT2D eigenvalue weighted by atomic mass is 35.5. The number of anilines is 1. The molecule has 1 aromatic rings. The van der Waals surface area contributed by atoms with Crippen molar-refractivity contribution >= 4 is 29.1 Å². The molecule has 0 aliphatic heterocycles. The van der Waals surface area contributed by atoms with Crippen molar-refractivity contribution in [3.8, 4) is 0 Å². The second-order valence-corrected chi connectivity index (χ2v) is 4.38. The fourth-order valence-electron chi connectivity index (χ4n) is 1.54. The molecule has 0 bridgehead atoms. The van der Waals surface area contributed by atoms with Gasteiger partial charge in [-0.1, -0.05) is 30.7 Å². The highest BCUT2D eigenvalue weighted by molar-refractivity contribution is 6.33. The number of rotatable bonds is 5. The van der Waals surface area contributed by atoms with Gasteiger partial charge in [0.05, 0.1) is 17.3 Å². The molecule has 2 amide bonds. The average Bonchev–Trinajstić information content (AvgIpc) is 2.31. The number of carbonyl (C=O) groups excluding carboxylic acids is 2. The van der Waals surface area contributed by atoms with Crippen LogP contribution in [0.5, 0.6) is 0 Å². The second-order valence-electron chi connectivity index (χ2n) is 3.97. The van der Waals surface area contributed by atoms with Crippen LogP contribution in [0.25, 0.3) is 0 Å². The van der Waals surface area contributed by atoms with Crippen molar-refractivity contribution in [2.75, 3.05) is 18.4 Å². The van der Waals surface area contributed by atoms with Gasteiger partial charge in [0.25, 0.3) is 0 Å². The van der Waals surface area contributed by atoms with Crippen LogP contribution in [-0.2, 0) is 9.59 Å². The zero-order chi connectivity index (χ0) is 13.5. The molecule has 0 saturated heterocycles. The second kappa shape index (κ2) is 7.01. The van der Waals surface area contributed by atoms with Gasteiger partial charge in [-0.2, -0.15) is 0 Å². The highest BCUT2D eigenvalue weighted by Gasteiger charge is 2.13. The van der Waals surface area contributed by atoms with Crippen molar-refractivity contribution in [2.24, 2.45) is 0 Å². The lowest BCUT2D eigenvalue weighted by atomic mass is 10.3. The van der Waals surface area contributed by atoms with Crippen molar-refractivity contribution < 1.29 is 9.59 Å². The topological polar surface area (TPSA) is 49.4 Å². The predicted octanol–water partition coefficient (Wildman–Crippen LogP) is 2.54. The van der Waals surface area contributed by atoms with Crippen molar-refractivity contribution in [3.05, 3.63) is 29.3 Å².